The average Bonchev–Trinajstić information content (AvgIpc) is 2.38. The molecular formula is C14H10BrClF2O. The second kappa shape index (κ2) is 5.88. The van der Waals surface area contributed by atoms with E-state index in [1.165, 1.54) is 31.4 Å². The number of benzene rings is 2. The molecule has 0 bridgehead atoms. The lowest BCUT2D eigenvalue weighted by Gasteiger charge is -2.15. The smallest absolute Gasteiger partial charge is 0.129 e. The topological polar surface area (TPSA) is 9.23 Å². The zero-order valence-corrected chi connectivity index (χ0v) is 12.3. The molecule has 2 rings (SSSR count). The van der Waals surface area contributed by atoms with E-state index in [0.29, 0.717) is 21.9 Å². The minimum absolute atomic E-state index is 0.312. The molecule has 0 fully saturated rings. The van der Waals surface area contributed by atoms with Crippen molar-refractivity contribution < 1.29 is 13.5 Å². The predicted octanol–water partition coefficient (Wildman–Crippen LogP) is 5.11. The zero-order valence-electron chi connectivity index (χ0n) is 9.96. The molecule has 0 saturated carbocycles. The highest BCUT2D eigenvalue weighted by Gasteiger charge is 2.19. The highest BCUT2D eigenvalue weighted by molar-refractivity contribution is 9.09. The highest BCUT2D eigenvalue weighted by atomic mass is 79.9. The molecule has 0 heterocycles. The first-order chi connectivity index (χ1) is 9.02. The Morgan fingerprint density at radius 3 is 2.47 bits per heavy atom. The highest BCUT2D eigenvalue weighted by Crippen LogP contribution is 2.38. The Kier molecular flexibility index (Phi) is 4.42. The molecule has 0 saturated heterocycles. The van der Waals surface area contributed by atoms with Gasteiger partial charge >= 0.3 is 0 Å². The lowest BCUT2D eigenvalue weighted by atomic mass is 10.0. The van der Waals surface area contributed by atoms with Crippen LogP contribution in [0.5, 0.6) is 5.75 Å². The molecule has 19 heavy (non-hydrogen) atoms. The van der Waals surface area contributed by atoms with Crippen LogP contribution in [0.1, 0.15) is 16.0 Å². The first-order valence-electron chi connectivity index (χ1n) is 5.45. The van der Waals surface area contributed by atoms with E-state index in [-0.39, 0.29) is 0 Å². The number of alkyl halides is 1. The summed E-state index contributed by atoms with van der Waals surface area (Å²) < 4.78 is 32.4. The van der Waals surface area contributed by atoms with Crippen LogP contribution < -0.4 is 4.74 Å². The lowest BCUT2D eigenvalue weighted by Crippen LogP contribution is -2.00. The Hall–Kier alpha value is -1.13. The van der Waals surface area contributed by atoms with Gasteiger partial charge in [-0.2, -0.15) is 0 Å². The van der Waals surface area contributed by atoms with E-state index in [9.17, 15) is 8.78 Å². The van der Waals surface area contributed by atoms with E-state index >= 15 is 0 Å². The summed E-state index contributed by atoms with van der Waals surface area (Å²) in [4.78, 5) is -0.518. The van der Waals surface area contributed by atoms with Crippen LogP contribution in [-0.4, -0.2) is 7.11 Å². The minimum Gasteiger partial charge on any atom is -0.496 e. The fourth-order valence-electron chi connectivity index (χ4n) is 1.78. The number of methoxy groups -OCH3 is 1. The van der Waals surface area contributed by atoms with Crippen molar-refractivity contribution in [2.24, 2.45) is 0 Å². The summed E-state index contributed by atoms with van der Waals surface area (Å²) in [5.41, 5.74) is 0.886. The second-order valence-electron chi connectivity index (χ2n) is 3.91. The van der Waals surface area contributed by atoms with Crippen LogP contribution in [-0.2, 0) is 0 Å². The summed E-state index contributed by atoms with van der Waals surface area (Å²) in [5, 5.41) is 0.312. The Morgan fingerprint density at radius 2 is 1.84 bits per heavy atom. The van der Waals surface area contributed by atoms with Gasteiger partial charge in [-0.25, -0.2) is 8.78 Å². The van der Waals surface area contributed by atoms with Gasteiger partial charge in [0.05, 0.1) is 11.9 Å². The van der Waals surface area contributed by atoms with E-state index in [0.717, 1.165) is 0 Å². The molecule has 5 heteroatoms. The molecule has 0 aliphatic heterocycles. The Morgan fingerprint density at radius 1 is 1.11 bits per heavy atom. The third kappa shape index (κ3) is 3.07. The molecule has 0 aliphatic rings. The van der Waals surface area contributed by atoms with Crippen molar-refractivity contribution in [1.82, 2.24) is 0 Å². The number of ether oxygens (including phenoxy) is 1. The maximum Gasteiger partial charge on any atom is 0.129 e. The van der Waals surface area contributed by atoms with Gasteiger partial charge < -0.3 is 4.74 Å². The monoisotopic (exact) mass is 346 g/mol. The fraction of sp³-hybridized carbons (Fsp3) is 0.143. The normalized spacial score (nSPS) is 12.3. The molecule has 0 radical (unpaired) electrons. The van der Waals surface area contributed by atoms with Gasteiger partial charge in [-0.15, -0.1) is 0 Å². The third-order valence-electron chi connectivity index (χ3n) is 2.70. The van der Waals surface area contributed by atoms with Crippen LogP contribution in [0.15, 0.2) is 36.4 Å². The SMILES string of the molecule is COc1ccc(F)cc1C(Br)c1ccc(Cl)cc1F. The summed E-state index contributed by atoms with van der Waals surface area (Å²) in [6.45, 7) is 0. The summed E-state index contributed by atoms with van der Waals surface area (Å²) in [5.74, 6) is -0.382. The van der Waals surface area contributed by atoms with E-state index in [4.69, 9.17) is 16.3 Å². The first kappa shape index (κ1) is 14.3. The van der Waals surface area contributed by atoms with Crippen molar-refractivity contribution in [2.75, 3.05) is 7.11 Å². The average molecular weight is 348 g/mol. The van der Waals surface area contributed by atoms with Gasteiger partial charge in [0.1, 0.15) is 17.4 Å². The number of rotatable bonds is 3. The predicted molar refractivity (Wildman–Crippen MR) is 75.1 cm³/mol. The molecule has 0 N–H and O–H groups in total. The van der Waals surface area contributed by atoms with E-state index < -0.39 is 16.5 Å². The van der Waals surface area contributed by atoms with Crippen LogP contribution in [0.25, 0.3) is 0 Å². The first-order valence-corrected chi connectivity index (χ1v) is 6.74. The molecule has 0 aromatic heterocycles. The van der Waals surface area contributed by atoms with Crippen molar-refractivity contribution in [3.8, 4) is 5.75 Å². The molecule has 0 aliphatic carbocycles. The summed E-state index contributed by atoms with van der Waals surface area (Å²) in [6.07, 6.45) is 0. The van der Waals surface area contributed by atoms with Crippen molar-refractivity contribution in [1.29, 1.82) is 0 Å². The molecule has 1 atom stereocenters. The van der Waals surface area contributed by atoms with Gasteiger partial charge in [0.15, 0.2) is 0 Å². The Bertz CT molecular complexity index is 604. The number of hydrogen-bond acceptors (Lipinski definition) is 1. The maximum atomic E-state index is 13.9. The second-order valence-corrected chi connectivity index (χ2v) is 5.27. The third-order valence-corrected chi connectivity index (χ3v) is 3.92. The summed E-state index contributed by atoms with van der Waals surface area (Å²) >= 11 is 9.08. The zero-order chi connectivity index (χ0) is 14.0. The van der Waals surface area contributed by atoms with Crippen molar-refractivity contribution in [2.45, 2.75) is 4.83 Å². The van der Waals surface area contributed by atoms with Gasteiger partial charge in [0, 0.05) is 16.1 Å². The molecule has 1 nitrogen and oxygen atoms in total. The van der Waals surface area contributed by atoms with Crippen LogP contribution in [0.2, 0.25) is 5.02 Å². The van der Waals surface area contributed by atoms with Gasteiger partial charge in [0.2, 0.25) is 0 Å². The molecular weight excluding hydrogens is 338 g/mol. The molecule has 100 valence electrons. The largest absolute Gasteiger partial charge is 0.496 e. The van der Waals surface area contributed by atoms with Crippen LogP contribution in [0.4, 0.5) is 8.78 Å². The van der Waals surface area contributed by atoms with Crippen molar-refractivity contribution >= 4 is 27.5 Å². The minimum atomic E-state index is -0.518. The van der Waals surface area contributed by atoms with Crippen LogP contribution in [0, 0.1) is 11.6 Å². The standard InChI is InChI=1S/C14H10BrClF2O/c1-19-13-5-3-9(17)7-11(13)14(15)10-4-2-8(16)6-12(10)18/h2-7,14H,1H3. The summed E-state index contributed by atoms with van der Waals surface area (Å²) in [6, 6.07) is 8.47. The van der Waals surface area contributed by atoms with Gasteiger partial charge in [-0.05, 0) is 30.3 Å². The maximum absolute atomic E-state index is 13.9. The molecule has 2 aromatic rings. The van der Waals surface area contributed by atoms with E-state index in [2.05, 4.69) is 15.9 Å². The van der Waals surface area contributed by atoms with Gasteiger partial charge in [-0.1, -0.05) is 33.6 Å². The van der Waals surface area contributed by atoms with Crippen LogP contribution >= 0.6 is 27.5 Å². The molecule has 2 aromatic carbocycles. The van der Waals surface area contributed by atoms with Gasteiger partial charge in [0.25, 0.3) is 0 Å². The van der Waals surface area contributed by atoms with E-state index in [1.54, 1.807) is 12.1 Å². The number of hydrogen-bond donors (Lipinski definition) is 0. The molecule has 0 amide bonds. The van der Waals surface area contributed by atoms with Gasteiger partial charge in [-0.3, -0.25) is 0 Å². The lowest BCUT2D eigenvalue weighted by molar-refractivity contribution is 0.409. The van der Waals surface area contributed by atoms with Crippen molar-refractivity contribution in [3.05, 3.63) is 64.2 Å². The Labute approximate surface area is 123 Å². The van der Waals surface area contributed by atoms with Crippen molar-refractivity contribution in [3.63, 3.8) is 0 Å². The van der Waals surface area contributed by atoms with E-state index in [1.807, 2.05) is 0 Å². The summed E-state index contributed by atoms with van der Waals surface area (Å²) in [7, 11) is 1.48. The number of halogens is 4. The Balaban J connectivity index is 2.49. The quantitative estimate of drug-likeness (QED) is 0.701. The molecule has 0 spiro atoms. The van der Waals surface area contributed by atoms with Crippen LogP contribution in [0.3, 0.4) is 0 Å². The fourth-order valence-corrected chi connectivity index (χ4v) is 2.67. The molecule has 1 unspecified atom stereocenters.